The fraction of sp³-hybridized carbons (Fsp3) is 0.0588. The molecule has 6 nitrogen and oxygen atoms in total. The van der Waals surface area contributed by atoms with Gasteiger partial charge in [-0.05, 0) is 31.2 Å². The Bertz CT molecular complexity index is 983. The van der Waals surface area contributed by atoms with Gasteiger partial charge in [0, 0.05) is 0 Å². The number of aromatic nitrogens is 2. The summed E-state index contributed by atoms with van der Waals surface area (Å²) >= 11 is 11.8. The highest BCUT2D eigenvalue weighted by Crippen LogP contribution is 2.36. The topological polar surface area (TPSA) is 86.6 Å². The van der Waals surface area contributed by atoms with Crippen molar-refractivity contribution < 1.29 is 5.11 Å². The minimum atomic E-state index is -0.217. The predicted octanol–water partition coefficient (Wildman–Crippen LogP) is 5.48. The molecule has 1 aromatic heterocycles. The SMILES string of the molecule is Cc1nn(-c2ccccc2)c(/N=N/c2cc(Cl)c(O)c(Cl)c2)c1C#N. The van der Waals surface area contributed by atoms with Crippen LogP contribution < -0.4 is 0 Å². The Morgan fingerprint density at radius 2 is 1.76 bits per heavy atom. The first-order valence-corrected chi connectivity index (χ1v) is 7.91. The van der Waals surface area contributed by atoms with Crippen LogP contribution >= 0.6 is 23.2 Å². The van der Waals surface area contributed by atoms with E-state index in [1.165, 1.54) is 12.1 Å². The molecule has 0 bridgehead atoms. The van der Waals surface area contributed by atoms with Crippen LogP contribution in [0.5, 0.6) is 5.75 Å². The molecule has 0 saturated heterocycles. The zero-order valence-electron chi connectivity index (χ0n) is 13.0. The molecule has 0 aliphatic carbocycles. The van der Waals surface area contributed by atoms with E-state index in [9.17, 15) is 10.4 Å². The van der Waals surface area contributed by atoms with Crippen molar-refractivity contribution in [2.75, 3.05) is 0 Å². The molecule has 1 N–H and O–H groups in total. The van der Waals surface area contributed by atoms with Gasteiger partial charge in [0.25, 0.3) is 0 Å². The van der Waals surface area contributed by atoms with Crippen molar-refractivity contribution in [2.45, 2.75) is 6.92 Å². The summed E-state index contributed by atoms with van der Waals surface area (Å²) in [4.78, 5) is 0. The summed E-state index contributed by atoms with van der Waals surface area (Å²) in [5, 5.41) is 31.7. The highest BCUT2D eigenvalue weighted by Gasteiger charge is 2.16. The largest absolute Gasteiger partial charge is 0.505 e. The Hall–Kier alpha value is -2.88. The second kappa shape index (κ2) is 6.93. The standard InChI is InChI=1S/C17H11Cl2N5O/c1-10-13(9-20)17(24(23-10)12-5-3-2-4-6-12)22-21-11-7-14(18)16(25)15(19)8-11/h2-8,25H,1H3/b22-21+. The first-order chi connectivity index (χ1) is 12.0. The van der Waals surface area contributed by atoms with Gasteiger partial charge < -0.3 is 5.11 Å². The number of benzene rings is 2. The van der Waals surface area contributed by atoms with E-state index in [4.69, 9.17) is 23.2 Å². The minimum Gasteiger partial charge on any atom is -0.505 e. The van der Waals surface area contributed by atoms with Crippen LogP contribution in [-0.2, 0) is 0 Å². The van der Waals surface area contributed by atoms with E-state index < -0.39 is 0 Å². The number of rotatable bonds is 3. The van der Waals surface area contributed by atoms with Gasteiger partial charge in [-0.1, -0.05) is 41.4 Å². The van der Waals surface area contributed by atoms with Gasteiger partial charge in [-0.25, -0.2) is 4.68 Å². The minimum absolute atomic E-state index is 0.0645. The van der Waals surface area contributed by atoms with Crippen LogP contribution in [-0.4, -0.2) is 14.9 Å². The third kappa shape index (κ3) is 3.33. The summed E-state index contributed by atoms with van der Waals surface area (Å²) in [6.07, 6.45) is 0. The lowest BCUT2D eigenvalue weighted by atomic mass is 10.2. The summed E-state index contributed by atoms with van der Waals surface area (Å²) in [5.41, 5.74) is 1.96. The molecule has 0 unspecified atom stereocenters. The summed E-state index contributed by atoms with van der Waals surface area (Å²) in [6.45, 7) is 1.73. The summed E-state index contributed by atoms with van der Waals surface area (Å²) in [7, 11) is 0. The molecule has 0 atom stereocenters. The van der Waals surface area contributed by atoms with Gasteiger partial charge in [0.2, 0.25) is 0 Å². The Balaban J connectivity index is 2.10. The molecule has 0 spiro atoms. The maximum absolute atomic E-state index is 9.60. The number of azo groups is 1. The number of aryl methyl sites for hydroxylation is 1. The molecule has 25 heavy (non-hydrogen) atoms. The van der Waals surface area contributed by atoms with Crippen molar-refractivity contribution in [3.05, 3.63) is 63.8 Å². The third-order valence-electron chi connectivity index (χ3n) is 3.41. The Labute approximate surface area is 153 Å². The van der Waals surface area contributed by atoms with Gasteiger partial charge in [-0.15, -0.1) is 10.2 Å². The van der Waals surface area contributed by atoms with Gasteiger partial charge in [0.05, 0.1) is 27.1 Å². The van der Waals surface area contributed by atoms with Crippen molar-refractivity contribution in [3.8, 4) is 17.5 Å². The second-order valence-electron chi connectivity index (χ2n) is 5.10. The Morgan fingerprint density at radius 1 is 1.12 bits per heavy atom. The predicted molar refractivity (Wildman–Crippen MR) is 95.3 cm³/mol. The van der Waals surface area contributed by atoms with E-state index >= 15 is 0 Å². The van der Waals surface area contributed by atoms with E-state index in [1.807, 2.05) is 30.3 Å². The molecule has 0 amide bonds. The maximum atomic E-state index is 9.60. The van der Waals surface area contributed by atoms with Crippen LogP contribution in [0.2, 0.25) is 10.0 Å². The zero-order chi connectivity index (χ0) is 18.0. The Morgan fingerprint density at radius 3 is 2.36 bits per heavy atom. The van der Waals surface area contributed by atoms with Crippen molar-refractivity contribution in [1.82, 2.24) is 9.78 Å². The van der Waals surface area contributed by atoms with Crippen LogP contribution in [0.1, 0.15) is 11.3 Å². The number of para-hydroxylation sites is 1. The van der Waals surface area contributed by atoms with E-state index in [0.717, 1.165) is 5.69 Å². The number of halogens is 2. The lowest BCUT2D eigenvalue weighted by Gasteiger charge is -2.03. The molecule has 1 heterocycles. The molecule has 0 aliphatic heterocycles. The fourth-order valence-electron chi connectivity index (χ4n) is 2.20. The van der Waals surface area contributed by atoms with Crippen molar-refractivity contribution >= 4 is 34.7 Å². The van der Waals surface area contributed by atoms with Gasteiger partial charge >= 0.3 is 0 Å². The number of aromatic hydroxyl groups is 1. The molecular weight excluding hydrogens is 361 g/mol. The summed E-state index contributed by atoms with van der Waals surface area (Å²) < 4.78 is 1.54. The molecule has 124 valence electrons. The number of nitriles is 1. The number of hydrogen-bond donors (Lipinski definition) is 1. The average molecular weight is 372 g/mol. The van der Waals surface area contributed by atoms with Crippen LogP contribution in [0, 0.1) is 18.3 Å². The first-order valence-electron chi connectivity index (χ1n) is 7.16. The maximum Gasteiger partial charge on any atom is 0.196 e. The van der Waals surface area contributed by atoms with Crippen LogP contribution in [0.15, 0.2) is 52.7 Å². The molecule has 8 heteroatoms. The van der Waals surface area contributed by atoms with E-state index in [1.54, 1.807) is 11.6 Å². The number of hydrogen-bond acceptors (Lipinski definition) is 5. The molecule has 0 aliphatic rings. The molecular formula is C17H11Cl2N5O. The molecule has 0 saturated carbocycles. The molecule has 3 rings (SSSR count). The molecule has 3 aromatic rings. The number of phenols is 1. The van der Waals surface area contributed by atoms with Crippen molar-refractivity contribution in [3.63, 3.8) is 0 Å². The van der Waals surface area contributed by atoms with E-state index in [0.29, 0.717) is 22.8 Å². The zero-order valence-corrected chi connectivity index (χ0v) is 14.5. The average Bonchev–Trinajstić information content (AvgIpc) is 2.94. The van der Waals surface area contributed by atoms with Crippen LogP contribution in [0.4, 0.5) is 11.5 Å². The van der Waals surface area contributed by atoms with Crippen LogP contribution in [0.3, 0.4) is 0 Å². The third-order valence-corrected chi connectivity index (χ3v) is 3.99. The van der Waals surface area contributed by atoms with Gasteiger partial charge in [-0.2, -0.15) is 10.4 Å². The fourth-order valence-corrected chi connectivity index (χ4v) is 2.68. The molecule has 0 radical (unpaired) electrons. The highest BCUT2D eigenvalue weighted by molar-refractivity contribution is 6.37. The van der Waals surface area contributed by atoms with Crippen LogP contribution in [0.25, 0.3) is 5.69 Å². The van der Waals surface area contributed by atoms with Gasteiger partial charge in [0.1, 0.15) is 11.6 Å². The Kier molecular flexibility index (Phi) is 4.70. The van der Waals surface area contributed by atoms with Gasteiger partial charge in [0.15, 0.2) is 11.6 Å². The smallest absolute Gasteiger partial charge is 0.196 e. The molecule has 0 fully saturated rings. The number of phenolic OH excluding ortho intramolecular Hbond substituents is 1. The quantitative estimate of drug-likeness (QED) is 0.618. The van der Waals surface area contributed by atoms with E-state index in [-0.39, 0.29) is 15.8 Å². The molecule has 2 aromatic carbocycles. The summed E-state index contributed by atoms with van der Waals surface area (Å²) in [5.74, 6) is 0.0803. The lowest BCUT2D eigenvalue weighted by molar-refractivity contribution is 0.476. The van der Waals surface area contributed by atoms with Crippen molar-refractivity contribution in [1.29, 1.82) is 5.26 Å². The van der Waals surface area contributed by atoms with E-state index in [2.05, 4.69) is 21.4 Å². The second-order valence-corrected chi connectivity index (χ2v) is 5.92. The summed E-state index contributed by atoms with van der Waals surface area (Å²) in [6, 6.07) is 14.2. The lowest BCUT2D eigenvalue weighted by Crippen LogP contribution is -1.95. The monoisotopic (exact) mass is 371 g/mol. The normalized spacial score (nSPS) is 11.0. The first kappa shape index (κ1) is 17.0. The highest BCUT2D eigenvalue weighted by atomic mass is 35.5. The number of nitrogens with zero attached hydrogens (tertiary/aromatic N) is 5. The van der Waals surface area contributed by atoms with Crippen molar-refractivity contribution in [2.24, 2.45) is 10.2 Å². The van der Waals surface area contributed by atoms with Gasteiger partial charge in [-0.3, -0.25) is 0 Å².